The van der Waals surface area contributed by atoms with Gasteiger partial charge >= 0.3 is 12.3 Å². The third-order valence-electron chi connectivity index (χ3n) is 3.50. The molecule has 1 amide bonds. The molecule has 0 saturated carbocycles. The van der Waals surface area contributed by atoms with Crippen molar-refractivity contribution in [1.29, 1.82) is 0 Å². The van der Waals surface area contributed by atoms with Gasteiger partial charge in [0.1, 0.15) is 0 Å². The van der Waals surface area contributed by atoms with E-state index < -0.39 is 25.0 Å². The number of hydrogen-bond donors (Lipinski definition) is 1. The van der Waals surface area contributed by atoms with Crippen LogP contribution in [0.25, 0.3) is 0 Å². The molecule has 2 heterocycles. The molecule has 2 aromatic rings. The second-order valence-corrected chi connectivity index (χ2v) is 5.66. The average molecular weight is 371 g/mol. The third-order valence-corrected chi connectivity index (χ3v) is 3.50. The number of hydrogen-bond acceptors (Lipinski definition) is 4. The highest BCUT2D eigenvalue weighted by atomic mass is 19.3. The summed E-state index contributed by atoms with van der Waals surface area (Å²) in [6.07, 6.45) is -0.968. The summed E-state index contributed by atoms with van der Waals surface area (Å²) in [7, 11) is 0. The average Bonchev–Trinajstić information content (AvgIpc) is 2.60. The van der Waals surface area contributed by atoms with E-state index in [1.54, 1.807) is 26.0 Å². The van der Waals surface area contributed by atoms with Gasteiger partial charge in [0.15, 0.2) is 6.61 Å². The highest BCUT2D eigenvalue weighted by molar-refractivity contribution is 5.94. The molecule has 0 radical (unpaired) electrons. The normalized spacial score (nSPS) is 12.7. The number of halogens is 4. The molecule has 0 spiro atoms. The van der Waals surface area contributed by atoms with Gasteiger partial charge in [0.25, 0.3) is 5.91 Å². The number of aromatic nitrogens is 2. The third kappa shape index (κ3) is 5.14. The topological polar surface area (TPSA) is 64.1 Å². The van der Waals surface area contributed by atoms with Crippen molar-refractivity contribution in [2.24, 2.45) is 0 Å². The van der Waals surface area contributed by atoms with Crippen molar-refractivity contribution in [3.05, 3.63) is 53.5 Å². The van der Waals surface area contributed by atoms with Gasteiger partial charge in [0.05, 0.1) is 6.04 Å². The molecule has 5 nitrogen and oxygen atoms in total. The maximum atomic E-state index is 12.8. The number of amides is 1. The van der Waals surface area contributed by atoms with Crippen LogP contribution >= 0.6 is 0 Å². The first-order chi connectivity index (χ1) is 12.2. The van der Waals surface area contributed by atoms with Crippen LogP contribution in [0.5, 0.6) is 5.88 Å². The summed E-state index contributed by atoms with van der Waals surface area (Å²) in [5.74, 6) is -4.76. The Labute approximate surface area is 147 Å². The molecule has 26 heavy (non-hydrogen) atoms. The molecule has 0 saturated heterocycles. The SMILES string of the molecule is Cc1cc(C(=O)NC(C)c2ccc(OCC(F)(F)C(F)F)nc2)ccn1. The maximum absolute atomic E-state index is 12.8. The standard InChI is InChI=1S/C17H17F4N3O2/c1-10-7-12(5-6-22-10)15(25)24-11(2)13-3-4-14(23-8-13)26-9-17(20,21)16(18)19/h3-8,11,16H,9H2,1-2H3,(H,24,25). The van der Waals surface area contributed by atoms with Crippen molar-refractivity contribution in [3.8, 4) is 5.88 Å². The molecule has 0 fully saturated rings. The van der Waals surface area contributed by atoms with Gasteiger partial charge in [-0.15, -0.1) is 0 Å². The molecule has 0 aliphatic carbocycles. The Morgan fingerprint density at radius 2 is 2.00 bits per heavy atom. The van der Waals surface area contributed by atoms with Crippen molar-refractivity contribution in [3.63, 3.8) is 0 Å². The first kappa shape index (κ1) is 19.6. The molecule has 1 N–H and O–H groups in total. The largest absolute Gasteiger partial charge is 0.471 e. The molecule has 0 aromatic carbocycles. The van der Waals surface area contributed by atoms with Crippen LogP contribution in [0.1, 0.15) is 34.6 Å². The number of rotatable bonds is 7. The van der Waals surface area contributed by atoms with E-state index in [2.05, 4.69) is 20.0 Å². The summed E-state index contributed by atoms with van der Waals surface area (Å²) in [5, 5.41) is 2.76. The van der Waals surface area contributed by atoms with Crippen LogP contribution in [0, 0.1) is 6.92 Å². The second kappa shape index (κ2) is 8.11. The minimum Gasteiger partial charge on any atom is -0.471 e. The van der Waals surface area contributed by atoms with Crippen molar-refractivity contribution in [2.45, 2.75) is 32.2 Å². The fraction of sp³-hybridized carbons (Fsp3) is 0.353. The molecule has 1 atom stereocenters. The first-order valence-corrected chi connectivity index (χ1v) is 7.67. The Balaban J connectivity index is 1.96. The van der Waals surface area contributed by atoms with E-state index in [0.29, 0.717) is 16.8 Å². The zero-order chi connectivity index (χ0) is 19.3. The zero-order valence-electron chi connectivity index (χ0n) is 14.0. The van der Waals surface area contributed by atoms with Crippen LogP contribution in [-0.2, 0) is 0 Å². The molecule has 0 bridgehead atoms. The molecule has 0 aliphatic rings. The van der Waals surface area contributed by atoms with E-state index >= 15 is 0 Å². The lowest BCUT2D eigenvalue weighted by molar-refractivity contribution is -0.148. The summed E-state index contributed by atoms with van der Waals surface area (Å²) < 4.78 is 54.4. The Morgan fingerprint density at radius 3 is 2.58 bits per heavy atom. The maximum Gasteiger partial charge on any atom is 0.340 e. The number of nitrogens with one attached hydrogen (secondary N) is 1. The summed E-state index contributed by atoms with van der Waals surface area (Å²) in [6, 6.07) is 5.58. The smallest absolute Gasteiger partial charge is 0.340 e. The van der Waals surface area contributed by atoms with Crippen LogP contribution in [0.3, 0.4) is 0 Å². The summed E-state index contributed by atoms with van der Waals surface area (Å²) in [6.45, 7) is 2.01. The number of alkyl halides is 4. The first-order valence-electron chi connectivity index (χ1n) is 7.67. The number of aryl methyl sites for hydroxylation is 1. The van der Waals surface area contributed by atoms with Crippen LogP contribution in [0.15, 0.2) is 36.7 Å². The van der Waals surface area contributed by atoms with E-state index in [1.807, 2.05) is 0 Å². The minimum atomic E-state index is -4.25. The number of carbonyl (C=O) groups excluding carboxylic acids is 1. The van der Waals surface area contributed by atoms with Gasteiger partial charge in [0, 0.05) is 29.7 Å². The molecule has 2 rings (SSSR count). The summed E-state index contributed by atoms with van der Waals surface area (Å²) >= 11 is 0. The van der Waals surface area contributed by atoms with Gasteiger partial charge in [-0.1, -0.05) is 6.07 Å². The highest BCUT2D eigenvalue weighted by Crippen LogP contribution is 2.24. The molecular weight excluding hydrogens is 354 g/mol. The van der Waals surface area contributed by atoms with Crippen molar-refractivity contribution >= 4 is 5.91 Å². The van der Waals surface area contributed by atoms with E-state index in [1.165, 1.54) is 24.5 Å². The van der Waals surface area contributed by atoms with Gasteiger partial charge < -0.3 is 10.1 Å². The predicted octanol–water partition coefficient (Wildman–Crippen LogP) is 3.56. The molecule has 1 unspecified atom stereocenters. The van der Waals surface area contributed by atoms with Crippen LogP contribution in [0.2, 0.25) is 0 Å². The van der Waals surface area contributed by atoms with E-state index in [-0.39, 0.29) is 11.8 Å². The van der Waals surface area contributed by atoms with Gasteiger partial charge in [0.2, 0.25) is 5.88 Å². The van der Waals surface area contributed by atoms with Gasteiger partial charge in [-0.2, -0.15) is 8.78 Å². The Bertz CT molecular complexity index is 754. The lowest BCUT2D eigenvalue weighted by atomic mass is 10.1. The number of ether oxygens (including phenoxy) is 1. The number of pyridine rings is 2. The highest BCUT2D eigenvalue weighted by Gasteiger charge is 2.41. The van der Waals surface area contributed by atoms with Crippen LogP contribution in [-0.4, -0.2) is 34.8 Å². The molecule has 9 heteroatoms. The van der Waals surface area contributed by atoms with Crippen LogP contribution in [0.4, 0.5) is 17.6 Å². The molecular formula is C17H17F4N3O2. The Morgan fingerprint density at radius 1 is 1.27 bits per heavy atom. The van der Waals surface area contributed by atoms with Gasteiger partial charge in [-0.3, -0.25) is 9.78 Å². The number of carbonyl (C=O) groups is 1. The fourth-order valence-electron chi connectivity index (χ4n) is 2.02. The minimum absolute atomic E-state index is 0.211. The van der Waals surface area contributed by atoms with Crippen LogP contribution < -0.4 is 10.1 Å². The number of nitrogens with zero attached hydrogens (tertiary/aromatic N) is 2. The van der Waals surface area contributed by atoms with Gasteiger partial charge in [-0.05, 0) is 31.5 Å². The summed E-state index contributed by atoms with van der Waals surface area (Å²) in [5.41, 5.74) is 1.75. The van der Waals surface area contributed by atoms with E-state index in [0.717, 1.165) is 0 Å². The van der Waals surface area contributed by atoms with Crippen molar-refractivity contribution in [2.75, 3.05) is 6.61 Å². The lowest BCUT2D eigenvalue weighted by Crippen LogP contribution is -2.33. The zero-order valence-corrected chi connectivity index (χ0v) is 14.0. The van der Waals surface area contributed by atoms with Gasteiger partial charge in [-0.25, -0.2) is 13.8 Å². The summed E-state index contributed by atoms with van der Waals surface area (Å²) in [4.78, 5) is 20.0. The lowest BCUT2D eigenvalue weighted by Gasteiger charge is -2.17. The Hall–Kier alpha value is -2.71. The monoisotopic (exact) mass is 371 g/mol. The van der Waals surface area contributed by atoms with E-state index in [4.69, 9.17) is 0 Å². The molecule has 2 aromatic heterocycles. The second-order valence-electron chi connectivity index (χ2n) is 5.66. The van der Waals surface area contributed by atoms with Crippen molar-refractivity contribution in [1.82, 2.24) is 15.3 Å². The molecule has 0 aliphatic heterocycles. The quantitative estimate of drug-likeness (QED) is 0.756. The van der Waals surface area contributed by atoms with Crippen molar-refractivity contribution < 1.29 is 27.1 Å². The predicted molar refractivity (Wildman–Crippen MR) is 85.5 cm³/mol. The fourth-order valence-corrected chi connectivity index (χ4v) is 2.02. The Kier molecular flexibility index (Phi) is 6.12. The molecule has 140 valence electrons. The van der Waals surface area contributed by atoms with E-state index in [9.17, 15) is 22.4 Å².